The molecule has 0 bridgehead atoms. The average Bonchev–Trinajstić information content (AvgIpc) is 3.55. The molecule has 0 radical (unpaired) electrons. The lowest BCUT2D eigenvalue weighted by atomic mass is 9.95. The minimum Gasteiger partial charge on any atom is -0.465 e. The molecule has 2 aromatic heterocycles. The maximum absolute atomic E-state index is 13.8. The van der Waals surface area contributed by atoms with Gasteiger partial charge in [0.25, 0.3) is 11.2 Å². The number of thiazole rings is 1. The van der Waals surface area contributed by atoms with Crippen LogP contribution in [0.15, 0.2) is 86.1 Å². The van der Waals surface area contributed by atoms with Gasteiger partial charge in [-0.2, -0.15) is 0 Å². The van der Waals surface area contributed by atoms with E-state index in [4.69, 9.17) is 13.9 Å². The Labute approximate surface area is 242 Å². The number of nitro groups is 1. The molecule has 1 unspecified atom stereocenters. The van der Waals surface area contributed by atoms with Crippen molar-refractivity contribution in [2.24, 2.45) is 4.99 Å². The SMILES string of the molecule is COC(=O)c1ccc(C2C(C(=O)OC(C)C)=C(C)N=c3sc(=Cc4ccc(-c5ccccc5[N+](=O)[O-])o4)c(=O)n32)cc1. The van der Waals surface area contributed by atoms with Gasteiger partial charge in [-0.15, -0.1) is 0 Å². The number of methoxy groups -OCH3 is 1. The summed E-state index contributed by atoms with van der Waals surface area (Å²) in [5.41, 5.74) is 1.25. The number of nitrogens with zero attached hydrogens (tertiary/aromatic N) is 3. The van der Waals surface area contributed by atoms with Crippen LogP contribution in [0.4, 0.5) is 5.69 Å². The topological polar surface area (TPSA) is 143 Å². The number of para-hydroxylation sites is 1. The van der Waals surface area contributed by atoms with Crippen molar-refractivity contribution in [1.29, 1.82) is 0 Å². The third-order valence-electron chi connectivity index (χ3n) is 6.50. The molecule has 4 aromatic rings. The quantitative estimate of drug-likeness (QED) is 0.178. The fourth-order valence-electron chi connectivity index (χ4n) is 4.64. The van der Waals surface area contributed by atoms with Crippen LogP contribution in [0.25, 0.3) is 17.4 Å². The number of furan rings is 1. The van der Waals surface area contributed by atoms with Gasteiger partial charge in [-0.1, -0.05) is 35.6 Å². The molecule has 1 atom stereocenters. The molecular formula is C30H25N3O8S. The molecule has 0 spiro atoms. The Bertz CT molecular complexity index is 1930. The number of hydrogen-bond donors (Lipinski definition) is 0. The van der Waals surface area contributed by atoms with Crippen molar-refractivity contribution in [2.45, 2.75) is 32.9 Å². The Morgan fingerprint density at radius 2 is 1.81 bits per heavy atom. The summed E-state index contributed by atoms with van der Waals surface area (Å²) in [6.45, 7) is 5.13. The molecule has 0 saturated heterocycles. The van der Waals surface area contributed by atoms with E-state index in [1.165, 1.54) is 23.8 Å². The number of aromatic nitrogens is 1. The highest BCUT2D eigenvalue weighted by molar-refractivity contribution is 7.07. The Hall–Kier alpha value is -5.10. The number of benzene rings is 2. The van der Waals surface area contributed by atoms with Crippen molar-refractivity contribution < 1.29 is 28.4 Å². The normalized spacial score (nSPS) is 14.9. The standard InChI is InChI=1S/C30H25N3O8S/c1-16(2)40-29(36)25-17(3)31-30-32(26(25)18-9-11-19(12-10-18)28(35)39-4)27(34)24(42-30)15-20-13-14-23(41-20)21-7-5-6-8-22(21)33(37)38/h5-16,26H,1-4H3. The number of fused-ring (bicyclic) bond motifs is 1. The predicted molar refractivity (Wildman–Crippen MR) is 154 cm³/mol. The van der Waals surface area contributed by atoms with Crippen LogP contribution in [-0.4, -0.2) is 34.6 Å². The van der Waals surface area contributed by atoms with Gasteiger partial charge in [0.1, 0.15) is 11.5 Å². The van der Waals surface area contributed by atoms with Crippen molar-refractivity contribution >= 4 is 35.0 Å². The van der Waals surface area contributed by atoms with Gasteiger partial charge in [0, 0.05) is 12.1 Å². The number of esters is 2. The molecule has 0 amide bonds. The molecule has 1 aliphatic rings. The van der Waals surface area contributed by atoms with Crippen molar-refractivity contribution in [3.05, 3.63) is 119 Å². The van der Waals surface area contributed by atoms with E-state index in [0.717, 1.165) is 11.3 Å². The maximum atomic E-state index is 13.8. The molecular weight excluding hydrogens is 562 g/mol. The van der Waals surface area contributed by atoms with Gasteiger partial charge >= 0.3 is 11.9 Å². The van der Waals surface area contributed by atoms with E-state index >= 15 is 0 Å². The molecule has 11 nitrogen and oxygen atoms in total. The number of carbonyl (C=O) groups is 2. The van der Waals surface area contributed by atoms with Crippen LogP contribution in [0.3, 0.4) is 0 Å². The predicted octanol–water partition coefficient (Wildman–Crippen LogP) is 4.14. The summed E-state index contributed by atoms with van der Waals surface area (Å²) >= 11 is 1.11. The van der Waals surface area contributed by atoms with Gasteiger partial charge in [-0.05, 0) is 56.7 Å². The van der Waals surface area contributed by atoms with Crippen LogP contribution in [0.1, 0.15) is 48.5 Å². The van der Waals surface area contributed by atoms with E-state index in [2.05, 4.69) is 4.99 Å². The zero-order chi connectivity index (χ0) is 30.1. The summed E-state index contributed by atoms with van der Waals surface area (Å²) in [4.78, 5) is 55.0. The molecule has 1 aliphatic heterocycles. The van der Waals surface area contributed by atoms with Crippen molar-refractivity contribution in [2.75, 3.05) is 7.11 Å². The first-order valence-corrected chi connectivity index (χ1v) is 13.7. The van der Waals surface area contributed by atoms with Crippen molar-refractivity contribution in [1.82, 2.24) is 4.57 Å². The largest absolute Gasteiger partial charge is 0.465 e. The zero-order valence-electron chi connectivity index (χ0n) is 23.0. The molecule has 214 valence electrons. The highest BCUT2D eigenvalue weighted by Crippen LogP contribution is 2.32. The summed E-state index contributed by atoms with van der Waals surface area (Å²) in [6, 6.07) is 15.0. The fraction of sp³-hybridized carbons (Fsp3) is 0.200. The maximum Gasteiger partial charge on any atom is 0.338 e. The molecule has 5 rings (SSSR count). The second-order valence-corrected chi connectivity index (χ2v) is 10.6. The van der Waals surface area contributed by atoms with E-state index < -0.39 is 34.6 Å². The van der Waals surface area contributed by atoms with E-state index in [1.54, 1.807) is 75.4 Å². The molecule has 0 aliphatic carbocycles. The third kappa shape index (κ3) is 5.31. The van der Waals surface area contributed by atoms with Gasteiger partial charge in [0.15, 0.2) is 4.80 Å². The molecule has 2 aromatic carbocycles. The summed E-state index contributed by atoms with van der Waals surface area (Å²) < 4.78 is 17.9. The first-order valence-electron chi connectivity index (χ1n) is 12.8. The summed E-state index contributed by atoms with van der Waals surface area (Å²) in [7, 11) is 1.28. The highest BCUT2D eigenvalue weighted by Gasteiger charge is 2.34. The van der Waals surface area contributed by atoms with E-state index in [-0.39, 0.29) is 21.6 Å². The molecule has 0 N–H and O–H groups in total. The number of ether oxygens (including phenoxy) is 2. The monoisotopic (exact) mass is 587 g/mol. The highest BCUT2D eigenvalue weighted by atomic mass is 32.1. The van der Waals surface area contributed by atoms with Crippen LogP contribution in [0, 0.1) is 10.1 Å². The lowest BCUT2D eigenvalue weighted by Gasteiger charge is -2.25. The first kappa shape index (κ1) is 28.4. The number of allylic oxidation sites excluding steroid dienone is 1. The van der Waals surface area contributed by atoms with Crippen LogP contribution in [-0.2, 0) is 14.3 Å². The van der Waals surface area contributed by atoms with Crippen LogP contribution in [0.5, 0.6) is 0 Å². The minimum absolute atomic E-state index is 0.104. The molecule has 42 heavy (non-hydrogen) atoms. The minimum atomic E-state index is -0.875. The Morgan fingerprint density at radius 1 is 1.10 bits per heavy atom. The third-order valence-corrected chi connectivity index (χ3v) is 7.48. The lowest BCUT2D eigenvalue weighted by Crippen LogP contribution is -2.40. The van der Waals surface area contributed by atoms with Crippen LogP contribution in [0.2, 0.25) is 0 Å². The van der Waals surface area contributed by atoms with Gasteiger partial charge in [-0.3, -0.25) is 19.5 Å². The molecule has 0 saturated carbocycles. The second kappa shape index (κ2) is 11.4. The van der Waals surface area contributed by atoms with Gasteiger partial charge in [0.05, 0.1) is 51.1 Å². The average molecular weight is 588 g/mol. The summed E-state index contributed by atoms with van der Waals surface area (Å²) in [5.74, 6) is -0.542. The Balaban J connectivity index is 1.63. The smallest absolute Gasteiger partial charge is 0.338 e. The van der Waals surface area contributed by atoms with Crippen LogP contribution < -0.4 is 14.9 Å². The molecule has 0 fully saturated rings. The van der Waals surface area contributed by atoms with E-state index in [0.29, 0.717) is 32.9 Å². The second-order valence-electron chi connectivity index (χ2n) is 9.63. The number of rotatable bonds is 7. The molecule has 3 heterocycles. The zero-order valence-corrected chi connectivity index (χ0v) is 23.8. The van der Waals surface area contributed by atoms with Crippen molar-refractivity contribution in [3.8, 4) is 11.3 Å². The number of hydrogen-bond acceptors (Lipinski definition) is 10. The van der Waals surface area contributed by atoms with Crippen molar-refractivity contribution in [3.63, 3.8) is 0 Å². The van der Waals surface area contributed by atoms with Gasteiger partial charge < -0.3 is 13.9 Å². The summed E-state index contributed by atoms with van der Waals surface area (Å²) in [6.07, 6.45) is 1.13. The number of nitro benzene ring substituents is 1. The van der Waals surface area contributed by atoms with Crippen LogP contribution >= 0.6 is 11.3 Å². The first-order chi connectivity index (χ1) is 20.1. The fourth-order valence-corrected chi connectivity index (χ4v) is 5.67. The lowest BCUT2D eigenvalue weighted by molar-refractivity contribution is -0.384. The van der Waals surface area contributed by atoms with E-state index in [9.17, 15) is 24.5 Å². The Kier molecular flexibility index (Phi) is 7.72. The molecule has 12 heteroatoms. The van der Waals surface area contributed by atoms with Gasteiger partial charge in [0.2, 0.25) is 0 Å². The Morgan fingerprint density at radius 3 is 2.48 bits per heavy atom. The van der Waals surface area contributed by atoms with Gasteiger partial charge in [-0.25, -0.2) is 14.6 Å². The summed E-state index contributed by atoms with van der Waals surface area (Å²) in [5, 5.41) is 11.5. The van der Waals surface area contributed by atoms with E-state index in [1.807, 2.05) is 0 Å². The number of carbonyl (C=O) groups excluding carboxylic acids is 2.